The van der Waals surface area contributed by atoms with Crippen LogP contribution in [0.5, 0.6) is 0 Å². The van der Waals surface area contributed by atoms with Gasteiger partial charge in [0.25, 0.3) is 0 Å². The third-order valence-corrected chi connectivity index (χ3v) is 7.30. The summed E-state index contributed by atoms with van der Waals surface area (Å²) in [5.74, 6) is 0.168. The van der Waals surface area contributed by atoms with Crippen LogP contribution in [-0.2, 0) is 15.6 Å². The molecular formula is C16H22O2S2. The van der Waals surface area contributed by atoms with Crippen molar-refractivity contribution in [3.05, 3.63) is 29.8 Å². The Bertz CT molecular complexity index is 508. The van der Waals surface area contributed by atoms with E-state index in [-0.39, 0.29) is 5.78 Å². The summed E-state index contributed by atoms with van der Waals surface area (Å²) in [6.45, 7) is 6.15. The Hall–Kier alpha value is -0.610. The van der Waals surface area contributed by atoms with Gasteiger partial charge in [0.2, 0.25) is 0 Å². The lowest BCUT2D eigenvalue weighted by atomic mass is 9.98. The lowest BCUT2D eigenvalue weighted by Gasteiger charge is -2.35. The number of hydrogen-bond donors (Lipinski definition) is 0. The fraction of sp³-hybridized carbons (Fsp3) is 0.562. The van der Waals surface area contributed by atoms with Crippen molar-refractivity contribution in [1.82, 2.24) is 0 Å². The van der Waals surface area contributed by atoms with Crippen LogP contribution in [0, 0.1) is 6.92 Å². The van der Waals surface area contributed by atoms with Crippen molar-refractivity contribution in [3.63, 3.8) is 0 Å². The quantitative estimate of drug-likeness (QED) is 0.840. The van der Waals surface area contributed by atoms with Crippen molar-refractivity contribution in [2.24, 2.45) is 0 Å². The fourth-order valence-electron chi connectivity index (χ4n) is 2.57. The van der Waals surface area contributed by atoms with Crippen LogP contribution >= 0.6 is 11.8 Å². The van der Waals surface area contributed by atoms with E-state index in [0.717, 1.165) is 29.7 Å². The van der Waals surface area contributed by atoms with E-state index in [1.165, 1.54) is 0 Å². The highest BCUT2D eigenvalue weighted by Crippen LogP contribution is 2.44. The lowest BCUT2D eigenvalue weighted by molar-refractivity contribution is -0.120. The average molecular weight is 310 g/mol. The number of hydrogen-bond acceptors (Lipinski definition) is 3. The molecule has 2 nitrogen and oxygen atoms in total. The van der Waals surface area contributed by atoms with Gasteiger partial charge >= 0.3 is 0 Å². The summed E-state index contributed by atoms with van der Waals surface area (Å²) in [7, 11) is -1.27. The lowest BCUT2D eigenvalue weighted by Crippen LogP contribution is -2.43. The number of thioether (sulfide) groups is 1. The molecule has 0 bridgehead atoms. The molecule has 2 atom stereocenters. The second kappa shape index (κ2) is 6.44. The predicted molar refractivity (Wildman–Crippen MR) is 86.5 cm³/mol. The second-order valence-electron chi connectivity index (χ2n) is 5.63. The minimum Gasteiger partial charge on any atom is -0.297 e. The first-order chi connectivity index (χ1) is 9.45. The minimum atomic E-state index is -1.27. The highest BCUT2D eigenvalue weighted by atomic mass is 32.2. The molecule has 0 saturated heterocycles. The van der Waals surface area contributed by atoms with Gasteiger partial charge in [-0.25, -0.2) is 0 Å². The summed E-state index contributed by atoms with van der Waals surface area (Å²) in [4.78, 5) is 13.3. The molecule has 2 unspecified atom stereocenters. The van der Waals surface area contributed by atoms with Crippen LogP contribution in [0.25, 0.3) is 0 Å². The maximum atomic E-state index is 13.0. The van der Waals surface area contributed by atoms with Crippen molar-refractivity contribution in [2.75, 3.05) is 0 Å². The van der Waals surface area contributed by atoms with Crippen LogP contribution in [0.3, 0.4) is 0 Å². The molecule has 0 heterocycles. The second-order valence-corrected chi connectivity index (χ2v) is 9.47. The zero-order valence-electron chi connectivity index (χ0n) is 12.3. The first-order valence-electron chi connectivity index (χ1n) is 7.15. The van der Waals surface area contributed by atoms with Crippen LogP contribution in [0.4, 0.5) is 0 Å². The molecule has 1 aliphatic carbocycles. The van der Waals surface area contributed by atoms with E-state index in [9.17, 15) is 9.00 Å². The summed E-state index contributed by atoms with van der Waals surface area (Å²) in [5.41, 5.74) is 1.14. The Labute approximate surface area is 128 Å². The molecule has 0 N–H and O–H groups in total. The van der Waals surface area contributed by atoms with Gasteiger partial charge in [0.05, 0.1) is 10.8 Å². The van der Waals surface area contributed by atoms with Gasteiger partial charge in [-0.15, -0.1) is 11.8 Å². The zero-order chi connectivity index (χ0) is 14.8. The van der Waals surface area contributed by atoms with Crippen molar-refractivity contribution in [3.8, 4) is 0 Å². The van der Waals surface area contributed by atoms with Crippen molar-refractivity contribution in [1.29, 1.82) is 0 Å². The SMILES string of the molecule is Cc1ccc(S(=O)C2(SC(C)C)CCCCC2=O)cc1. The average Bonchev–Trinajstić information content (AvgIpc) is 2.41. The molecule has 1 aliphatic rings. The largest absolute Gasteiger partial charge is 0.297 e. The smallest absolute Gasteiger partial charge is 0.161 e. The maximum Gasteiger partial charge on any atom is 0.161 e. The molecule has 0 aromatic heterocycles. The highest BCUT2D eigenvalue weighted by molar-refractivity contribution is 8.14. The summed E-state index contributed by atoms with van der Waals surface area (Å²) >= 11 is 1.59. The van der Waals surface area contributed by atoms with E-state index in [0.29, 0.717) is 11.7 Å². The number of benzene rings is 1. The van der Waals surface area contributed by atoms with Crippen LogP contribution < -0.4 is 0 Å². The van der Waals surface area contributed by atoms with Gasteiger partial charge in [0.15, 0.2) is 9.86 Å². The summed E-state index contributed by atoms with van der Waals surface area (Å²) < 4.78 is 12.3. The Balaban J connectivity index is 2.37. The molecule has 1 fully saturated rings. The van der Waals surface area contributed by atoms with E-state index in [4.69, 9.17) is 0 Å². The topological polar surface area (TPSA) is 34.1 Å². The molecule has 1 aromatic rings. The molecule has 4 heteroatoms. The third-order valence-electron chi connectivity index (χ3n) is 3.55. The number of carbonyl (C=O) groups excluding carboxylic acids is 1. The molecule has 0 radical (unpaired) electrons. The van der Waals surface area contributed by atoms with Gasteiger partial charge in [-0.05, 0) is 31.9 Å². The van der Waals surface area contributed by atoms with E-state index < -0.39 is 14.9 Å². The van der Waals surface area contributed by atoms with Gasteiger partial charge in [0, 0.05) is 16.6 Å². The molecule has 0 spiro atoms. The number of carbonyl (C=O) groups is 1. The van der Waals surface area contributed by atoms with Crippen LogP contribution in [0.2, 0.25) is 0 Å². The Morgan fingerprint density at radius 1 is 1.20 bits per heavy atom. The zero-order valence-corrected chi connectivity index (χ0v) is 14.0. The van der Waals surface area contributed by atoms with Gasteiger partial charge in [-0.1, -0.05) is 38.0 Å². The van der Waals surface area contributed by atoms with E-state index >= 15 is 0 Å². The molecule has 20 heavy (non-hydrogen) atoms. The van der Waals surface area contributed by atoms with Crippen LogP contribution in [-0.4, -0.2) is 19.3 Å². The molecule has 0 amide bonds. The van der Waals surface area contributed by atoms with Gasteiger partial charge in [-0.3, -0.25) is 9.00 Å². The first kappa shape index (κ1) is 15.8. The summed E-state index contributed by atoms with van der Waals surface area (Å²) in [5, 5.41) is 0.298. The normalized spacial score (nSPS) is 24.9. The predicted octanol–water partition coefficient (Wildman–Crippen LogP) is 4.08. The monoisotopic (exact) mass is 310 g/mol. The molecule has 1 aromatic carbocycles. The number of aryl methyl sites for hydroxylation is 1. The maximum absolute atomic E-state index is 13.0. The van der Waals surface area contributed by atoms with E-state index in [2.05, 4.69) is 13.8 Å². The fourth-order valence-corrected chi connectivity index (χ4v) is 6.45. The minimum absolute atomic E-state index is 0.168. The summed E-state index contributed by atoms with van der Waals surface area (Å²) in [6.07, 6.45) is 3.22. The molecule has 1 saturated carbocycles. The number of Topliss-reactive ketones (excluding diaryl/α,β-unsaturated/α-hetero) is 1. The van der Waals surface area contributed by atoms with Crippen LogP contribution in [0.1, 0.15) is 45.1 Å². The van der Waals surface area contributed by atoms with Crippen LogP contribution in [0.15, 0.2) is 29.2 Å². The standard InChI is InChI=1S/C16H22O2S2/c1-12(2)19-16(11-5-4-6-15(16)17)20(18)14-9-7-13(3)8-10-14/h7-10,12H,4-6,11H2,1-3H3. The van der Waals surface area contributed by atoms with Crippen molar-refractivity contribution in [2.45, 2.75) is 60.7 Å². The Kier molecular flexibility index (Phi) is 5.08. The molecule has 110 valence electrons. The summed E-state index contributed by atoms with van der Waals surface area (Å²) in [6, 6.07) is 7.73. The first-order valence-corrected chi connectivity index (χ1v) is 9.18. The van der Waals surface area contributed by atoms with Gasteiger partial charge in [-0.2, -0.15) is 0 Å². The molecular weight excluding hydrogens is 288 g/mol. The van der Waals surface area contributed by atoms with Gasteiger partial charge in [0.1, 0.15) is 0 Å². The molecule has 2 rings (SSSR count). The number of rotatable bonds is 4. The Morgan fingerprint density at radius 3 is 2.40 bits per heavy atom. The Morgan fingerprint density at radius 2 is 1.85 bits per heavy atom. The van der Waals surface area contributed by atoms with E-state index in [1.807, 2.05) is 31.2 Å². The van der Waals surface area contributed by atoms with Crippen molar-refractivity contribution >= 4 is 28.3 Å². The highest BCUT2D eigenvalue weighted by Gasteiger charge is 2.47. The van der Waals surface area contributed by atoms with Crippen molar-refractivity contribution < 1.29 is 9.00 Å². The van der Waals surface area contributed by atoms with E-state index in [1.54, 1.807) is 11.8 Å². The number of ketones is 1. The van der Waals surface area contributed by atoms with Gasteiger partial charge < -0.3 is 0 Å². The third kappa shape index (κ3) is 3.17. The molecule has 0 aliphatic heterocycles.